The van der Waals surface area contributed by atoms with E-state index in [1.807, 2.05) is 0 Å². The van der Waals surface area contributed by atoms with Gasteiger partial charge in [0, 0.05) is 0 Å². The smallest absolute Gasteiger partial charge is 0.0853 e. The lowest BCUT2D eigenvalue weighted by molar-refractivity contribution is 0.391. The summed E-state index contributed by atoms with van der Waals surface area (Å²) in [6.07, 6.45) is 17.4. The summed E-state index contributed by atoms with van der Waals surface area (Å²) < 4.78 is 0. The Balaban J connectivity index is 1.67. The highest BCUT2D eigenvalue weighted by Gasteiger charge is 2.56. The molecule has 4 aliphatic rings. The highest BCUT2D eigenvalue weighted by atomic mass is 14.5. The number of rotatable bonds is 1. The Morgan fingerprint density at radius 3 is 2.12 bits per heavy atom. The Kier molecular flexibility index (Phi) is 2.30. The van der Waals surface area contributed by atoms with E-state index in [-0.39, 0.29) is 0 Å². The van der Waals surface area contributed by atoms with E-state index in [9.17, 15) is 0 Å². The largest absolute Gasteiger partial charge is 0.153 e. The van der Waals surface area contributed by atoms with Crippen LogP contribution in [0.4, 0.5) is 0 Å². The summed E-state index contributed by atoms with van der Waals surface area (Å²) >= 11 is 0. The minimum absolute atomic E-state index is 0.690. The predicted molar refractivity (Wildman–Crippen MR) is 74.7 cm³/mol. The van der Waals surface area contributed by atoms with Gasteiger partial charge >= 0.3 is 0 Å². The molecule has 4 rings (SSSR count). The zero-order chi connectivity index (χ0) is 11.5. The summed E-state index contributed by atoms with van der Waals surface area (Å²) in [5, 5.41) is 0.690. The van der Waals surface area contributed by atoms with Gasteiger partial charge in [-0.3, -0.25) is 0 Å². The van der Waals surface area contributed by atoms with Crippen molar-refractivity contribution in [2.24, 2.45) is 11.8 Å². The summed E-state index contributed by atoms with van der Waals surface area (Å²) in [7, 11) is 0. The molecule has 2 heterocycles. The second-order valence-corrected chi connectivity index (χ2v) is 7.60. The van der Waals surface area contributed by atoms with E-state index >= 15 is 0 Å². The van der Waals surface area contributed by atoms with Crippen molar-refractivity contribution in [2.45, 2.75) is 75.2 Å². The predicted octanol–water partition coefficient (Wildman–Crippen LogP) is 4.95. The van der Waals surface area contributed by atoms with Crippen molar-refractivity contribution in [1.82, 2.24) is 0 Å². The van der Waals surface area contributed by atoms with E-state index in [1.165, 1.54) is 25.7 Å². The van der Waals surface area contributed by atoms with Crippen LogP contribution in [0.25, 0.3) is 0 Å². The summed E-state index contributed by atoms with van der Waals surface area (Å²) in [6.45, 7) is 3.74. The Bertz CT molecular complexity index is 325. The first-order valence-corrected chi connectivity index (χ1v) is 7.96. The van der Waals surface area contributed by atoms with E-state index in [0.29, 0.717) is 5.31 Å². The van der Waals surface area contributed by atoms with E-state index in [1.54, 1.807) is 25.7 Å². The van der Waals surface area contributed by atoms with Crippen LogP contribution >= 0.6 is 0 Å². The fourth-order valence-electron chi connectivity index (χ4n) is 6.27. The highest BCUT2D eigenvalue weighted by molar-refractivity contribution is 6.66. The van der Waals surface area contributed by atoms with E-state index in [0.717, 1.165) is 30.2 Å². The van der Waals surface area contributed by atoms with Crippen molar-refractivity contribution < 1.29 is 0 Å². The number of allylic oxidation sites excluding steroid dienone is 2. The van der Waals surface area contributed by atoms with Crippen molar-refractivity contribution in [3.05, 3.63) is 12.2 Å². The quantitative estimate of drug-likeness (QED) is 0.440. The van der Waals surface area contributed by atoms with Crippen molar-refractivity contribution in [1.29, 1.82) is 0 Å². The van der Waals surface area contributed by atoms with Gasteiger partial charge in [-0.15, -0.1) is 0 Å². The first-order valence-electron chi connectivity index (χ1n) is 7.96. The van der Waals surface area contributed by atoms with Gasteiger partial charge in [0.1, 0.15) is 0 Å². The highest BCUT2D eigenvalue weighted by Crippen LogP contribution is 2.66. The molecule has 1 heteroatoms. The molecule has 0 aromatic carbocycles. The van der Waals surface area contributed by atoms with Crippen LogP contribution in [0.2, 0.25) is 16.9 Å². The first kappa shape index (κ1) is 10.7. The molecule has 1 saturated carbocycles. The summed E-state index contributed by atoms with van der Waals surface area (Å²) in [5.41, 5.74) is 0. The molecule has 3 fully saturated rings. The molecule has 4 bridgehead atoms. The van der Waals surface area contributed by atoms with Crippen molar-refractivity contribution >= 4 is 6.71 Å². The van der Waals surface area contributed by atoms with Crippen LogP contribution < -0.4 is 0 Å². The van der Waals surface area contributed by atoms with E-state index in [2.05, 4.69) is 19.1 Å². The average molecular weight is 228 g/mol. The van der Waals surface area contributed by atoms with Crippen LogP contribution in [0.5, 0.6) is 0 Å². The fraction of sp³-hybridized carbons (Fsp3) is 0.875. The van der Waals surface area contributed by atoms with Gasteiger partial charge in [0.15, 0.2) is 6.71 Å². The fourth-order valence-corrected chi connectivity index (χ4v) is 6.27. The lowest BCUT2D eigenvalue weighted by atomic mass is 9.16. The minimum Gasteiger partial charge on any atom is -0.0853 e. The SMILES string of the molecule is C[C@@]1(B2C3CCCC2CCC3)C[C@H]2C=C[C@@H]1C2. The zero-order valence-corrected chi connectivity index (χ0v) is 11.2. The number of fused-ring (bicyclic) bond motifs is 4. The molecule has 0 aromatic rings. The lowest BCUT2D eigenvalue weighted by Crippen LogP contribution is -2.45. The third-order valence-electron chi connectivity index (χ3n) is 6.80. The van der Waals surface area contributed by atoms with E-state index in [4.69, 9.17) is 0 Å². The molecule has 0 amide bonds. The molecule has 0 radical (unpaired) electrons. The Hall–Kier alpha value is -0.195. The van der Waals surface area contributed by atoms with Gasteiger partial charge in [0.25, 0.3) is 0 Å². The van der Waals surface area contributed by atoms with Crippen LogP contribution in [-0.4, -0.2) is 6.71 Å². The second-order valence-electron chi connectivity index (χ2n) is 7.60. The molecule has 0 spiro atoms. The standard InChI is InChI=1S/C16H25B/c1-16(11-12-8-9-13(16)10-12)17-14-4-2-5-15(17)7-3-6-14/h8-9,12-15H,2-7,10-11H2,1H3/t12-,13+,14?,15?,16+/m0/s1. The van der Waals surface area contributed by atoms with Gasteiger partial charge in [0.05, 0.1) is 0 Å². The normalized spacial score (nSPS) is 52.2. The van der Waals surface area contributed by atoms with Gasteiger partial charge in [0.2, 0.25) is 0 Å². The number of hydrogen-bond acceptors (Lipinski definition) is 0. The molecule has 2 aliphatic heterocycles. The lowest BCUT2D eigenvalue weighted by Gasteiger charge is -2.50. The van der Waals surface area contributed by atoms with Crippen LogP contribution in [0.1, 0.15) is 58.3 Å². The molecule has 17 heavy (non-hydrogen) atoms. The van der Waals surface area contributed by atoms with Gasteiger partial charge in [-0.05, 0) is 30.0 Å². The first-order chi connectivity index (χ1) is 8.27. The third-order valence-corrected chi connectivity index (χ3v) is 6.80. The third kappa shape index (κ3) is 1.44. The monoisotopic (exact) mass is 228 g/mol. The van der Waals surface area contributed by atoms with E-state index < -0.39 is 0 Å². The van der Waals surface area contributed by atoms with Crippen LogP contribution in [-0.2, 0) is 0 Å². The Morgan fingerprint density at radius 1 is 1.00 bits per heavy atom. The van der Waals surface area contributed by atoms with Crippen molar-refractivity contribution in [3.8, 4) is 0 Å². The molecule has 2 saturated heterocycles. The molecule has 3 atom stereocenters. The van der Waals surface area contributed by atoms with Gasteiger partial charge in [-0.25, -0.2) is 0 Å². The zero-order valence-electron chi connectivity index (χ0n) is 11.2. The molecular weight excluding hydrogens is 203 g/mol. The maximum atomic E-state index is 2.66. The second kappa shape index (κ2) is 3.65. The van der Waals surface area contributed by atoms with Crippen LogP contribution in [0.3, 0.4) is 0 Å². The minimum atomic E-state index is 0.690. The van der Waals surface area contributed by atoms with Crippen molar-refractivity contribution in [3.63, 3.8) is 0 Å². The van der Waals surface area contributed by atoms with Crippen LogP contribution in [0.15, 0.2) is 12.2 Å². The molecular formula is C16H25B. The molecule has 92 valence electrons. The summed E-state index contributed by atoms with van der Waals surface area (Å²) in [4.78, 5) is 0. The maximum Gasteiger partial charge on any atom is 0.153 e. The van der Waals surface area contributed by atoms with Gasteiger partial charge < -0.3 is 0 Å². The van der Waals surface area contributed by atoms with Gasteiger partial charge in [-0.1, -0.05) is 69.2 Å². The van der Waals surface area contributed by atoms with Crippen LogP contribution in [0, 0.1) is 11.8 Å². The molecule has 0 unspecified atom stereocenters. The Labute approximate surface area is 106 Å². The average Bonchev–Trinajstić information content (AvgIpc) is 2.88. The molecule has 2 aliphatic carbocycles. The maximum absolute atomic E-state index is 2.66. The summed E-state index contributed by atoms with van der Waals surface area (Å²) in [5.74, 6) is 4.09. The molecule has 0 nitrogen and oxygen atoms in total. The number of hydrogen-bond donors (Lipinski definition) is 0. The Morgan fingerprint density at radius 2 is 1.65 bits per heavy atom. The molecule has 0 N–H and O–H groups in total. The van der Waals surface area contributed by atoms with Gasteiger partial charge in [-0.2, -0.15) is 0 Å². The molecule has 0 aromatic heterocycles. The topological polar surface area (TPSA) is 0 Å². The van der Waals surface area contributed by atoms with Crippen molar-refractivity contribution in [2.75, 3.05) is 0 Å². The summed E-state index contributed by atoms with van der Waals surface area (Å²) in [6, 6.07) is 0.